The molecule has 0 aromatic heterocycles. The molecule has 138 valence electrons. The van der Waals surface area contributed by atoms with Crippen LogP contribution in [0.1, 0.15) is 32.3 Å². The third-order valence-corrected chi connectivity index (χ3v) is 4.18. The summed E-state index contributed by atoms with van der Waals surface area (Å²) in [6, 6.07) is 18.1. The molecule has 0 aliphatic carbocycles. The molecule has 0 heterocycles. The zero-order valence-electron chi connectivity index (χ0n) is 15.2. The van der Waals surface area contributed by atoms with E-state index in [1.165, 1.54) is 0 Å². The van der Waals surface area contributed by atoms with Crippen molar-refractivity contribution < 1.29 is 14.8 Å². The Balaban J connectivity index is 2.02. The lowest BCUT2D eigenvalue weighted by molar-refractivity contribution is -0.135. The molecular weight excluding hydrogens is 328 g/mol. The van der Waals surface area contributed by atoms with E-state index in [-0.39, 0.29) is 18.2 Å². The van der Waals surface area contributed by atoms with Crippen LogP contribution in [0.2, 0.25) is 0 Å². The molecule has 3 N–H and O–H groups in total. The lowest BCUT2D eigenvalue weighted by Gasteiger charge is -2.18. The topological polar surface area (TPSA) is 78.4 Å². The van der Waals surface area contributed by atoms with Crippen LogP contribution in [0.25, 0.3) is 11.1 Å². The average Bonchev–Trinajstić information content (AvgIpc) is 2.66. The summed E-state index contributed by atoms with van der Waals surface area (Å²) in [6.45, 7) is 4.40. The van der Waals surface area contributed by atoms with E-state index in [0.29, 0.717) is 13.0 Å². The van der Waals surface area contributed by atoms with Gasteiger partial charge in [0.1, 0.15) is 0 Å². The van der Waals surface area contributed by atoms with Crippen LogP contribution in [0.15, 0.2) is 54.6 Å². The summed E-state index contributed by atoms with van der Waals surface area (Å²) < 4.78 is 0. The van der Waals surface area contributed by atoms with Gasteiger partial charge in [0.15, 0.2) is 0 Å². The Labute approximate surface area is 154 Å². The number of carbonyl (C=O) groups is 2. The van der Waals surface area contributed by atoms with Crippen LogP contribution in [-0.2, 0) is 16.1 Å². The Morgan fingerprint density at radius 3 is 2.35 bits per heavy atom. The van der Waals surface area contributed by atoms with Crippen molar-refractivity contribution in [1.82, 2.24) is 10.8 Å². The van der Waals surface area contributed by atoms with E-state index in [9.17, 15) is 9.59 Å². The molecule has 0 spiro atoms. The number of hydrogen-bond acceptors (Lipinski definition) is 3. The van der Waals surface area contributed by atoms with Crippen molar-refractivity contribution in [2.75, 3.05) is 0 Å². The number of amides is 2. The van der Waals surface area contributed by atoms with E-state index in [1.807, 2.05) is 68.4 Å². The Morgan fingerprint density at radius 1 is 1.00 bits per heavy atom. The number of carbonyl (C=O) groups excluding carboxylic acids is 2. The van der Waals surface area contributed by atoms with Gasteiger partial charge < -0.3 is 5.32 Å². The summed E-state index contributed by atoms with van der Waals surface area (Å²) >= 11 is 0. The van der Waals surface area contributed by atoms with Gasteiger partial charge in [-0.15, -0.1) is 0 Å². The maximum atomic E-state index is 12.5. The number of hydrogen-bond donors (Lipinski definition) is 3. The first-order valence-corrected chi connectivity index (χ1v) is 8.84. The molecule has 0 aliphatic heterocycles. The van der Waals surface area contributed by atoms with Crippen LogP contribution in [0.3, 0.4) is 0 Å². The zero-order chi connectivity index (χ0) is 18.9. The summed E-state index contributed by atoms with van der Waals surface area (Å²) in [5, 5.41) is 11.6. The van der Waals surface area contributed by atoms with Gasteiger partial charge in [-0.2, -0.15) is 0 Å². The SMILES string of the molecule is CC(C)CC(CC(=O)NO)C(=O)NCc1cccc(-c2ccccc2)c1. The molecule has 2 aromatic carbocycles. The lowest BCUT2D eigenvalue weighted by atomic mass is 9.93. The highest BCUT2D eigenvalue weighted by Gasteiger charge is 2.22. The molecule has 1 atom stereocenters. The van der Waals surface area contributed by atoms with Crippen molar-refractivity contribution in [3.63, 3.8) is 0 Å². The lowest BCUT2D eigenvalue weighted by Crippen LogP contribution is -2.34. The van der Waals surface area contributed by atoms with Gasteiger partial charge in [0.2, 0.25) is 11.8 Å². The number of rotatable bonds is 8. The maximum Gasteiger partial charge on any atom is 0.244 e. The van der Waals surface area contributed by atoms with Crippen molar-refractivity contribution >= 4 is 11.8 Å². The summed E-state index contributed by atoms with van der Waals surface area (Å²) in [5.41, 5.74) is 4.82. The first-order chi connectivity index (χ1) is 12.5. The van der Waals surface area contributed by atoms with E-state index >= 15 is 0 Å². The monoisotopic (exact) mass is 354 g/mol. The maximum absolute atomic E-state index is 12.5. The molecule has 0 saturated carbocycles. The van der Waals surface area contributed by atoms with E-state index < -0.39 is 11.8 Å². The smallest absolute Gasteiger partial charge is 0.244 e. The van der Waals surface area contributed by atoms with Crippen molar-refractivity contribution in [1.29, 1.82) is 0 Å². The molecular formula is C21H26N2O3. The average molecular weight is 354 g/mol. The van der Waals surface area contributed by atoms with Gasteiger partial charge in [-0.05, 0) is 35.1 Å². The fourth-order valence-electron chi connectivity index (χ4n) is 2.95. The predicted octanol–water partition coefficient (Wildman–Crippen LogP) is 3.53. The first-order valence-electron chi connectivity index (χ1n) is 8.84. The van der Waals surface area contributed by atoms with Crippen molar-refractivity contribution in [2.45, 2.75) is 33.2 Å². The predicted molar refractivity (Wildman–Crippen MR) is 101 cm³/mol. The first kappa shape index (κ1) is 19.7. The van der Waals surface area contributed by atoms with Gasteiger partial charge in [0, 0.05) is 18.9 Å². The van der Waals surface area contributed by atoms with Crippen LogP contribution in [-0.4, -0.2) is 17.0 Å². The molecule has 2 amide bonds. The minimum atomic E-state index is -0.545. The summed E-state index contributed by atoms with van der Waals surface area (Å²) in [7, 11) is 0. The second-order valence-electron chi connectivity index (χ2n) is 6.85. The summed E-state index contributed by atoms with van der Waals surface area (Å²) in [5.74, 6) is -0.901. The molecule has 2 aromatic rings. The Morgan fingerprint density at radius 2 is 1.69 bits per heavy atom. The highest BCUT2D eigenvalue weighted by Crippen LogP contribution is 2.20. The molecule has 2 rings (SSSR count). The number of benzene rings is 2. The molecule has 5 heteroatoms. The van der Waals surface area contributed by atoms with Crippen LogP contribution in [0, 0.1) is 11.8 Å². The van der Waals surface area contributed by atoms with Gasteiger partial charge in [0.05, 0.1) is 0 Å². The summed E-state index contributed by atoms with van der Waals surface area (Å²) in [4.78, 5) is 23.9. The molecule has 0 radical (unpaired) electrons. The largest absolute Gasteiger partial charge is 0.352 e. The number of nitrogens with one attached hydrogen (secondary N) is 2. The fourth-order valence-corrected chi connectivity index (χ4v) is 2.95. The van der Waals surface area contributed by atoms with Crippen LogP contribution >= 0.6 is 0 Å². The van der Waals surface area contributed by atoms with Crippen molar-refractivity contribution in [2.24, 2.45) is 11.8 Å². The molecule has 0 bridgehead atoms. The zero-order valence-corrected chi connectivity index (χ0v) is 15.2. The number of hydroxylamine groups is 1. The van der Waals surface area contributed by atoms with E-state index in [0.717, 1.165) is 16.7 Å². The molecule has 26 heavy (non-hydrogen) atoms. The van der Waals surface area contributed by atoms with Crippen molar-refractivity contribution in [3.8, 4) is 11.1 Å². The van der Waals surface area contributed by atoms with E-state index in [4.69, 9.17) is 5.21 Å². The van der Waals surface area contributed by atoms with E-state index in [2.05, 4.69) is 5.32 Å². The Kier molecular flexibility index (Phi) is 7.36. The normalized spacial score (nSPS) is 11.8. The Bertz CT molecular complexity index is 729. The minimum Gasteiger partial charge on any atom is -0.352 e. The molecule has 0 saturated heterocycles. The van der Waals surface area contributed by atoms with Crippen LogP contribution < -0.4 is 10.8 Å². The summed E-state index contributed by atoms with van der Waals surface area (Å²) in [6.07, 6.45) is 0.563. The third-order valence-electron chi connectivity index (χ3n) is 4.18. The minimum absolute atomic E-state index is 0.0232. The van der Waals surface area contributed by atoms with E-state index in [1.54, 1.807) is 5.48 Å². The van der Waals surface area contributed by atoms with Crippen LogP contribution in [0.5, 0.6) is 0 Å². The second-order valence-corrected chi connectivity index (χ2v) is 6.85. The van der Waals surface area contributed by atoms with Gasteiger partial charge in [-0.3, -0.25) is 14.8 Å². The Hall–Kier alpha value is -2.66. The van der Waals surface area contributed by atoms with Gasteiger partial charge in [0.25, 0.3) is 0 Å². The third kappa shape index (κ3) is 6.01. The van der Waals surface area contributed by atoms with Gasteiger partial charge >= 0.3 is 0 Å². The molecule has 0 aliphatic rings. The molecule has 1 unspecified atom stereocenters. The molecule has 0 fully saturated rings. The second kappa shape index (κ2) is 9.73. The van der Waals surface area contributed by atoms with Crippen LogP contribution in [0.4, 0.5) is 0 Å². The van der Waals surface area contributed by atoms with Gasteiger partial charge in [-0.1, -0.05) is 62.4 Å². The fraction of sp³-hybridized carbons (Fsp3) is 0.333. The standard InChI is InChI=1S/C21H26N2O3/c1-15(2)11-19(13-20(24)23-26)21(25)22-14-16-7-6-10-18(12-16)17-8-4-3-5-9-17/h3-10,12,15,19,26H,11,13-14H2,1-2H3,(H,22,25)(H,23,24). The molecule has 5 nitrogen and oxygen atoms in total. The highest BCUT2D eigenvalue weighted by molar-refractivity contribution is 5.85. The quantitative estimate of drug-likeness (QED) is 0.501. The van der Waals surface area contributed by atoms with Crippen molar-refractivity contribution in [3.05, 3.63) is 60.2 Å². The van der Waals surface area contributed by atoms with Gasteiger partial charge in [-0.25, -0.2) is 5.48 Å². The highest BCUT2D eigenvalue weighted by atomic mass is 16.5.